The third-order valence-electron chi connectivity index (χ3n) is 2.67. The van der Waals surface area contributed by atoms with Crippen molar-refractivity contribution in [3.05, 3.63) is 35.9 Å². The van der Waals surface area contributed by atoms with E-state index in [1.54, 1.807) is 0 Å². The predicted molar refractivity (Wildman–Crippen MR) is 62.4 cm³/mol. The minimum Gasteiger partial charge on any atom is -0.461 e. The molecule has 0 unspecified atom stereocenters. The van der Waals surface area contributed by atoms with Crippen molar-refractivity contribution in [2.24, 2.45) is 0 Å². The summed E-state index contributed by atoms with van der Waals surface area (Å²) in [6.45, 7) is 0.175. The summed E-state index contributed by atoms with van der Waals surface area (Å²) < 4.78 is 5.03. The van der Waals surface area contributed by atoms with Crippen molar-refractivity contribution in [2.75, 3.05) is 0 Å². The fourth-order valence-corrected chi connectivity index (χ4v) is 1.74. The maximum absolute atomic E-state index is 11.5. The third-order valence-corrected chi connectivity index (χ3v) is 2.67. The van der Waals surface area contributed by atoms with Gasteiger partial charge in [0.05, 0.1) is 18.9 Å². The van der Waals surface area contributed by atoms with Crippen LogP contribution in [0.1, 0.15) is 18.4 Å². The van der Waals surface area contributed by atoms with E-state index in [1.165, 1.54) is 0 Å². The number of benzene rings is 1. The predicted octanol–water partition coefficient (Wildman–Crippen LogP) is 0.577. The Kier molecular flexibility index (Phi) is 3.72. The van der Waals surface area contributed by atoms with Gasteiger partial charge in [0.15, 0.2) is 5.78 Å². The lowest BCUT2D eigenvalue weighted by Gasteiger charge is -2.08. The molecule has 1 aromatic carbocycles. The summed E-state index contributed by atoms with van der Waals surface area (Å²) in [5, 5.41) is 2.44. The number of amides is 1. The second-order valence-electron chi connectivity index (χ2n) is 4.11. The first-order chi connectivity index (χ1) is 8.65. The minimum absolute atomic E-state index is 0.0998. The number of Topliss-reactive ketones (excluding diaryl/α,β-unsaturated/α-hetero) is 1. The maximum atomic E-state index is 11.5. The molecule has 5 nitrogen and oxygen atoms in total. The zero-order valence-electron chi connectivity index (χ0n) is 9.72. The first-order valence-corrected chi connectivity index (χ1v) is 5.67. The minimum atomic E-state index is -0.722. The monoisotopic (exact) mass is 247 g/mol. The molecule has 1 N–H and O–H groups in total. The second-order valence-corrected chi connectivity index (χ2v) is 4.11. The van der Waals surface area contributed by atoms with Gasteiger partial charge in [-0.25, -0.2) is 0 Å². The average Bonchev–Trinajstić information content (AvgIpc) is 2.67. The summed E-state index contributed by atoms with van der Waals surface area (Å²) in [7, 11) is 0. The highest BCUT2D eigenvalue weighted by atomic mass is 16.5. The molecule has 1 aliphatic rings. The smallest absolute Gasteiger partial charge is 0.308 e. The van der Waals surface area contributed by atoms with Crippen molar-refractivity contribution in [3.63, 3.8) is 0 Å². The number of hydrogen-bond acceptors (Lipinski definition) is 4. The average molecular weight is 247 g/mol. The summed E-state index contributed by atoms with van der Waals surface area (Å²) >= 11 is 0. The lowest BCUT2D eigenvalue weighted by molar-refractivity contribution is -0.146. The van der Waals surface area contributed by atoms with Crippen molar-refractivity contribution < 1.29 is 19.1 Å². The lowest BCUT2D eigenvalue weighted by Crippen LogP contribution is -2.32. The molecule has 0 saturated carbocycles. The second kappa shape index (κ2) is 5.44. The molecule has 94 valence electrons. The zero-order valence-corrected chi connectivity index (χ0v) is 9.72. The molecule has 0 bridgehead atoms. The highest BCUT2D eigenvalue weighted by molar-refractivity contribution is 6.08. The quantitative estimate of drug-likeness (QED) is 0.624. The van der Waals surface area contributed by atoms with E-state index in [4.69, 9.17) is 4.74 Å². The number of hydrogen-bond donors (Lipinski definition) is 1. The Morgan fingerprint density at radius 3 is 2.61 bits per heavy atom. The number of rotatable bonds is 4. The van der Waals surface area contributed by atoms with Crippen LogP contribution in [0.4, 0.5) is 0 Å². The Bertz CT molecular complexity index is 469. The van der Waals surface area contributed by atoms with Gasteiger partial charge in [-0.3, -0.25) is 14.4 Å². The van der Waals surface area contributed by atoms with E-state index < -0.39 is 12.0 Å². The van der Waals surface area contributed by atoms with Gasteiger partial charge in [0.25, 0.3) is 0 Å². The summed E-state index contributed by atoms with van der Waals surface area (Å²) in [6, 6.07) is 8.54. The van der Waals surface area contributed by atoms with Gasteiger partial charge in [-0.2, -0.15) is 0 Å². The molecule has 1 aromatic rings. The number of nitrogens with one attached hydrogen (secondary N) is 1. The van der Waals surface area contributed by atoms with Crippen LogP contribution in [-0.2, 0) is 25.7 Å². The summed E-state index contributed by atoms with van der Waals surface area (Å²) in [5.41, 5.74) is 0.882. The molecule has 0 spiro atoms. The van der Waals surface area contributed by atoms with Gasteiger partial charge < -0.3 is 10.1 Å². The van der Waals surface area contributed by atoms with Gasteiger partial charge >= 0.3 is 5.97 Å². The van der Waals surface area contributed by atoms with E-state index in [0.717, 1.165) is 5.56 Å². The van der Waals surface area contributed by atoms with Gasteiger partial charge in [-0.05, 0) is 5.56 Å². The number of carbonyl (C=O) groups excluding carboxylic acids is 3. The molecule has 1 atom stereocenters. The van der Waals surface area contributed by atoms with Crippen molar-refractivity contribution >= 4 is 17.7 Å². The normalized spacial score (nSPS) is 18.6. The first kappa shape index (κ1) is 12.3. The van der Waals surface area contributed by atoms with Crippen LogP contribution in [0, 0.1) is 0 Å². The highest BCUT2D eigenvalue weighted by Gasteiger charge is 2.31. The van der Waals surface area contributed by atoms with Crippen LogP contribution in [0.25, 0.3) is 0 Å². The fourth-order valence-electron chi connectivity index (χ4n) is 1.74. The Hall–Kier alpha value is -2.17. The SMILES string of the molecule is O=C1CC(=O)[C@H](CC(=O)OCc2ccccc2)N1. The van der Waals surface area contributed by atoms with Crippen LogP contribution >= 0.6 is 0 Å². The van der Waals surface area contributed by atoms with Gasteiger partial charge in [-0.15, -0.1) is 0 Å². The van der Waals surface area contributed by atoms with E-state index in [2.05, 4.69) is 5.32 Å². The number of ether oxygens (including phenoxy) is 1. The Morgan fingerprint density at radius 2 is 2.00 bits per heavy atom. The van der Waals surface area contributed by atoms with Crippen molar-refractivity contribution in [3.8, 4) is 0 Å². The molecule has 0 aromatic heterocycles. The molecular formula is C13H13NO4. The van der Waals surface area contributed by atoms with Crippen LogP contribution < -0.4 is 5.32 Å². The third kappa shape index (κ3) is 3.16. The van der Waals surface area contributed by atoms with E-state index in [9.17, 15) is 14.4 Å². The molecular weight excluding hydrogens is 234 g/mol. The number of ketones is 1. The van der Waals surface area contributed by atoms with Crippen molar-refractivity contribution in [1.29, 1.82) is 0 Å². The van der Waals surface area contributed by atoms with E-state index in [0.29, 0.717) is 0 Å². The van der Waals surface area contributed by atoms with Crippen LogP contribution in [0.15, 0.2) is 30.3 Å². The van der Waals surface area contributed by atoms with Crippen LogP contribution in [0.3, 0.4) is 0 Å². The largest absolute Gasteiger partial charge is 0.461 e. The molecule has 5 heteroatoms. The Labute approximate surface area is 104 Å². The highest BCUT2D eigenvalue weighted by Crippen LogP contribution is 2.08. The molecule has 2 rings (SSSR count). The van der Waals surface area contributed by atoms with Gasteiger partial charge in [0, 0.05) is 0 Å². The van der Waals surface area contributed by atoms with Gasteiger partial charge in [-0.1, -0.05) is 30.3 Å². The van der Waals surface area contributed by atoms with Crippen LogP contribution in [-0.4, -0.2) is 23.7 Å². The Morgan fingerprint density at radius 1 is 1.28 bits per heavy atom. The Balaban J connectivity index is 1.79. The van der Waals surface area contributed by atoms with Crippen LogP contribution in [0.2, 0.25) is 0 Å². The lowest BCUT2D eigenvalue weighted by atomic mass is 10.1. The summed E-state index contributed by atoms with van der Waals surface area (Å²) in [4.78, 5) is 33.7. The topological polar surface area (TPSA) is 72.5 Å². The number of esters is 1. The molecule has 1 saturated heterocycles. The van der Waals surface area contributed by atoms with Crippen molar-refractivity contribution in [2.45, 2.75) is 25.5 Å². The van der Waals surface area contributed by atoms with E-state index in [-0.39, 0.29) is 31.1 Å². The standard InChI is InChI=1S/C13H13NO4/c15-11-7-12(16)14-10(11)6-13(17)18-8-9-4-2-1-3-5-9/h1-5,10H,6-8H2,(H,14,16)/t10-/m0/s1. The molecule has 0 radical (unpaired) electrons. The van der Waals surface area contributed by atoms with E-state index >= 15 is 0 Å². The molecule has 0 aliphatic carbocycles. The first-order valence-electron chi connectivity index (χ1n) is 5.67. The zero-order chi connectivity index (χ0) is 13.0. The van der Waals surface area contributed by atoms with Crippen LogP contribution in [0.5, 0.6) is 0 Å². The molecule has 1 heterocycles. The molecule has 1 amide bonds. The van der Waals surface area contributed by atoms with E-state index in [1.807, 2.05) is 30.3 Å². The molecule has 1 fully saturated rings. The summed E-state index contributed by atoms with van der Waals surface area (Å²) in [5.74, 6) is -1.07. The van der Waals surface area contributed by atoms with Crippen molar-refractivity contribution in [1.82, 2.24) is 5.32 Å². The van der Waals surface area contributed by atoms with Gasteiger partial charge in [0.2, 0.25) is 5.91 Å². The fraction of sp³-hybridized carbons (Fsp3) is 0.308. The summed E-state index contributed by atoms with van der Waals surface area (Å²) in [6.07, 6.45) is -0.242. The van der Waals surface area contributed by atoms with Gasteiger partial charge in [0.1, 0.15) is 6.61 Å². The molecule has 1 aliphatic heterocycles. The molecule has 18 heavy (non-hydrogen) atoms. The maximum Gasteiger partial charge on any atom is 0.308 e. The number of carbonyl (C=O) groups is 3.